The average Bonchev–Trinajstić information content (AvgIpc) is 1.86. The van der Waals surface area contributed by atoms with E-state index in [1.807, 2.05) is 0 Å². The van der Waals surface area contributed by atoms with Crippen LogP contribution < -0.4 is 0 Å². The van der Waals surface area contributed by atoms with Gasteiger partial charge in [-0.15, -0.1) is 0 Å². The quantitative estimate of drug-likeness (QED) is 0.680. The van der Waals surface area contributed by atoms with Crippen LogP contribution in [0.1, 0.15) is 6.92 Å². The first-order valence-electron chi connectivity index (χ1n) is 2.99. The van der Waals surface area contributed by atoms with Crippen molar-refractivity contribution in [2.45, 2.75) is 12.1 Å². The zero-order chi connectivity index (χ0) is 9.83. The molecule has 0 amide bonds. The molecule has 0 aliphatic carbocycles. The van der Waals surface area contributed by atoms with Crippen molar-refractivity contribution in [1.29, 1.82) is 0 Å². The Bertz CT molecular complexity index is 231. The molecular formula is C6H9F2O3P. The predicted octanol–water partition coefficient (Wildman–Crippen LogP) is 1.89. The van der Waals surface area contributed by atoms with Crippen molar-refractivity contribution in [1.82, 2.24) is 0 Å². The highest BCUT2D eigenvalue weighted by atomic mass is 31.2. The van der Waals surface area contributed by atoms with E-state index >= 15 is 0 Å². The number of allylic oxidation sites excluding steroid dienone is 2. The number of hydrogen-bond acceptors (Lipinski definition) is 1. The van der Waals surface area contributed by atoms with Gasteiger partial charge >= 0.3 is 7.60 Å². The van der Waals surface area contributed by atoms with Crippen LogP contribution in [0.3, 0.4) is 0 Å². The van der Waals surface area contributed by atoms with Gasteiger partial charge in [-0.2, -0.15) is 0 Å². The second-order valence-electron chi connectivity index (χ2n) is 2.36. The molecule has 0 radical (unpaired) electrons. The van der Waals surface area contributed by atoms with E-state index in [0.29, 0.717) is 12.2 Å². The van der Waals surface area contributed by atoms with E-state index in [2.05, 4.69) is 0 Å². The predicted molar refractivity (Wildman–Crippen MR) is 40.9 cm³/mol. The molecule has 0 saturated carbocycles. The zero-order valence-electron chi connectivity index (χ0n) is 6.32. The van der Waals surface area contributed by atoms with Crippen LogP contribution in [0.5, 0.6) is 0 Å². The maximum atomic E-state index is 11.7. The second kappa shape index (κ2) is 3.94. The molecule has 0 aromatic rings. The Balaban J connectivity index is 5.01. The monoisotopic (exact) mass is 198 g/mol. The van der Waals surface area contributed by atoms with Gasteiger partial charge in [0.1, 0.15) is 5.16 Å². The Morgan fingerprint density at radius 1 is 1.25 bits per heavy atom. The van der Waals surface area contributed by atoms with Crippen molar-refractivity contribution in [3.63, 3.8) is 0 Å². The molecule has 0 aliphatic rings. The highest BCUT2D eigenvalue weighted by molar-refractivity contribution is 7.54. The van der Waals surface area contributed by atoms with E-state index < -0.39 is 12.8 Å². The van der Waals surface area contributed by atoms with Crippen LogP contribution in [0, 0.1) is 0 Å². The van der Waals surface area contributed by atoms with Crippen LogP contribution in [0.2, 0.25) is 0 Å². The molecule has 0 saturated heterocycles. The van der Waals surface area contributed by atoms with Gasteiger partial charge in [0.25, 0.3) is 0 Å². The van der Waals surface area contributed by atoms with Crippen molar-refractivity contribution in [2.75, 3.05) is 0 Å². The first-order valence-corrected chi connectivity index (χ1v) is 4.60. The third kappa shape index (κ3) is 2.52. The van der Waals surface area contributed by atoms with Crippen molar-refractivity contribution < 1.29 is 23.1 Å². The molecule has 70 valence electrons. The molecule has 2 N–H and O–H groups in total. The average molecular weight is 198 g/mol. The number of hydrogen-bond donors (Lipinski definition) is 2. The van der Waals surface area contributed by atoms with Gasteiger partial charge in [0.15, 0.2) is 0 Å². The van der Waals surface area contributed by atoms with Gasteiger partial charge in [-0.3, -0.25) is 4.57 Å². The molecule has 0 unspecified atom stereocenters. The lowest BCUT2D eigenvalue weighted by Gasteiger charge is -2.21. The smallest absolute Gasteiger partial charge is 0.324 e. The van der Waals surface area contributed by atoms with Crippen LogP contribution in [0.25, 0.3) is 0 Å². The van der Waals surface area contributed by atoms with Gasteiger partial charge in [0.2, 0.25) is 0 Å². The van der Waals surface area contributed by atoms with Crippen LogP contribution in [-0.2, 0) is 4.57 Å². The summed E-state index contributed by atoms with van der Waals surface area (Å²) < 4.78 is 34.0. The van der Waals surface area contributed by atoms with E-state index in [9.17, 15) is 13.3 Å². The first kappa shape index (κ1) is 11.5. The molecule has 0 rings (SSSR count). The molecular weight excluding hydrogens is 189 g/mol. The number of halogens is 2. The summed E-state index contributed by atoms with van der Waals surface area (Å²) in [5.41, 5.74) is 0. The summed E-state index contributed by atoms with van der Waals surface area (Å²) in [6.45, 7) is 1.03. The highest BCUT2D eigenvalue weighted by Gasteiger charge is 2.37. The molecule has 6 heteroatoms. The lowest BCUT2D eigenvalue weighted by molar-refractivity contribution is 0.355. The zero-order valence-corrected chi connectivity index (χ0v) is 7.21. The molecule has 0 bridgehead atoms. The van der Waals surface area contributed by atoms with Crippen molar-refractivity contribution >= 4 is 7.60 Å². The van der Waals surface area contributed by atoms with E-state index in [4.69, 9.17) is 9.79 Å². The minimum absolute atomic E-state index is 0.0287. The van der Waals surface area contributed by atoms with Crippen LogP contribution in [-0.4, -0.2) is 14.9 Å². The second-order valence-corrected chi connectivity index (χ2v) is 4.41. The van der Waals surface area contributed by atoms with E-state index in [-0.39, 0.29) is 12.7 Å². The van der Waals surface area contributed by atoms with E-state index in [1.54, 1.807) is 0 Å². The number of rotatable bonds is 3. The third-order valence-electron chi connectivity index (χ3n) is 1.43. The first-order chi connectivity index (χ1) is 5.37. The normalized spacial score (nSPS) is 18.8. The van der Waals surface area contributed by atoms with E-state index in [1.165, 1.54) is 0 Å². The summed E-state index contributed by atoms with van der Waals surface area (Å²) in [5.74, 6) is 0. The van der Waals surface area contributed by atoms with Crippen LogP contribution in [0.4, 0.5) is 8.78 Å². The summed E-state index contributed by atoms with van der Waals surface area (Å²) in [6.07, 6.45) is 1.14. The molecule has 0 aliphatic heterocycles. The van der Waals surface area contributed by atoms with Crippen molar-refractivity contribution in [2.24, 2.45) is 0 Å². The third-order valence-corrected chi connectivity index (χ3v) is 2.98. The summed E-state index contributed by atoms with van der Waals surface area (Å²) in [5, 5.41) is -1.91. The lowest BCUT2D eigenvalue weighted by atomic mass is 10.2. The Hall–Kier alpha value is -0.510. The SMILES string of the molecule is CC(C=CF)(C=CF)P(=O)(O)O. The van der Waals surface area contributed by atoms with Gasteiger partial charge in [-0.05, 0) is 19.1 Å². The fourth-order valence-corrected chi connectivity index (χ4v) is 1.01. The minimum Gasteiger partial charge on any atom is -0.324 e. The summed E-state index contributed by atoms with van der Waals surface area (Å²) in [7, 11) is -4.57. The molecule has 0 atom stereocenters. The molecule has 0 aromatic heterocycles. The molecule has 0 aromatic carbocycles. The summed E-state index contributed by atoms with van der Waals surface area (Å²) in [4.78, 5) is 17.3. The Labute approximate surface area is 68.6 Å². The molecule has 12 heavy (non-hydrogen) atoms. The highest BCUT2D eigenvalue weighted by Crippen LogP contribution is 2.52. The van der Waals surface area contributed by atoms with Gasteiger partial charge in [0, 0.05) is 0 Å². The minimum atomic E-state index is -4.57. The van der Waals surface area contributed by atoms with Gasteiger partial charge in [-0.1, -0.05) is 0 Å². The lowest BCUT2D eigenvalue weighted by Crippen LogP contribution is -2.18. The Kier molecular flexibility index (Phi) is 3.77. The van der Waals surface area contributed by atoms with Gasteiger partial charge in [0.05, 0.1) is 12.7 Å². The van der Waals surface area contributed by atoms with Gasteiger partial charge in [-0.25, -0.2) is 8.78 Å². The van der Waals surface area contributed by atoms with Crippen molar-refractivity contribution in [3.05, 3.63) is 24.8 Å². The van der Waals surface area contributed by atoms with Crippen molar-refractivity contribution in [3.8, 4) is 0 Å². The Morgan fingerprint density at radius 2 is 1.58 bits per heavy atom. The molecule has 0 spiro atoms. The molecule has 3 nitrogen and oxygen atoms in total. The van der Waals surface area contributed by atoms with E-state index in [0.717, 1.165) is 6.92 Å². The van der Waals surface area contributed by atoms with Gasteiger partial charge < -0.3 is 9.79 Å². The Morgan fingerprint density at radius 3 is 1.75 bits per heavy atom. The topological polar surface area (TPSA) is 57.5 Å². The maximum absolute atomic E-state index is 11.7. The maximum Gasteiger partial charge on any atom is 0.339 e. The fraction of sp³-hybridized carbons (Fsp3) is 0.333. The molecule has 0 heterocycles. The summed E-state index contributed by atoms with van der Waals surface area (Å²) in [6, 6.07) is 0. The summed E-state index contributed by atoms with van der Waals surface area (Å²) >= 11 is 0. The molecule has 0 fully saturated rings. The fourth-order valence-electron chi connectivity index (χ4n) is 0.505. The largest absolute Gasteiger partial charge is 0.339 e. The standard InChI is InChI=1S/C6H9F2O3P/c1-6(2-4-7,3-5-8)12(9,10)11/h2-5H,1H3,(H2,9,10,11). The van der Waals surface area contributed by atoms with Crippen LogP contribution >= 0.6 is 7.60 Å². The van der Waals surface area contributed by atoms with Crippen LogP contribution in [0.15, 0.2) is 24.8 Å².